The summed E-state index contributed by atoms with van der Waals surface area (Å²) in [6.07, 6.45) is -2.54. The monoisotopic (exact) mass is 193 g/mol. The Morgan fingerprint density at radius 2 is 2.50 bits per heavy atom. The van der Waals surface area contributed by atoms with Crippen molar-refractivity contribution in [3.8, 4) is 0 Å². The minimum absolute atomic E-state index is 0.0700. The topological polar surface area (TPSA) is 54.9 Å². The van der Waals surface area contributed by atoms with Crippen molar-refractivity contribution >= 4 is 17.4 Å². The average Bonchev–Trinajstić information content (AvgIpc) is 2.51. The van der Waals surface area contributed by atoms with Crippen LogP contribution in [0.3, 0.4) is 0 Å². The number of nitrogens with one attached hydrogen (secondary N) is 1. The van der Waals surface area contributed by atoms with Crippen molar-refractivity contribution in [3.63, 3.8) is 0 Å². The highest BCUT2D eigenvalue weighted by molar-refractivity contribution is 7.03. The van der Waals surface area contributed by atoms with Crippen molar-refractivity contribution in [2.24, 2.45) is 0 Å². The molecule has 0 bridgehead atoms. The maximum Gasteiger partial charge on any atom is 0.272 e. The van der Waals surface area contributed by atoms with Gasteiger partial charge in [0.25, 0.3) is 12.3 Å². The van der Waals surface area contributed by atoms with E-state index in [2.05, 4.69) is 9.59 Å². The summed E-state index contributed by atoms with van der Waals surface area (Å²) in [7, 11) is 0. The standard InChI is InChI=1S/C5H5F2N3OS/c6-4(7)1-8-5(11)3-2-12-10-9-3/h2,4H,1H2,(H,8,11). The maximum atomic E-state index is 11.6. The zero-order valence-electron chi connectivity index (χ0n) is 5.83. The van der Waals surface area contributed by atoms with Crippen molar-refractivity contribution in [3.05, 3.63) is 11.1 Å². The Morgan fingerprint density at radius 3 is 3.00 bits per heavy atom. The van der Waals surface area contributed by atoms with Gasteiger partial charge in [-0.3, -0.25) is 4.79 Å². The molecule has 4 nitrogen and oxygen atoms in total. The summed E-state index contributed by atoms with van der Waals surface area (Å²) in [5, 5.41) is 6.80. The summed E-state index contributed by atoms with van der Waals surface area (Å²) in [4.78, 5) is 10.9. The highest BCUT2D eigenvalue weighted by Crippen LogP contribution is 1.96. The lowest BCUT2D eigenvalue weighted by Gasteiger charge is -1.99. The van der Waals surface area contributed by atoms with Crippen LogP contribution in [0.4, 0.5) is 8.78 Å². The molecule has 0 aliphatic heterocycles. The van der Waals surface area contributed by atoms with Gasteiger partial charge in [0.15, 0.2) is 5.69 Å². The molecule has 0 fully saturated rings. The van der Waals surface area contributed by atoms with E-state index in [1.165, 1.54) is 5.38 Å². The fraction of sp³-hybridized carbons (Fsp3) is 0.400. The van der Waals surface area contributed by atoms with Gasteiger partial charge in [0.05, 0.1) is 6.54 Å². The summed E-state index contributed by atoms with van der Waals surface area (Å²) in [6.45, 7) is -0.656. The van der Waals surface area contributed by atoms with Gasteiger partial charge in [-0.25, -0.2) is 8.78 Å². The number of hydrogen-bond donors (Lipinski definition) is 1. The van der Waals surface area contributed by atoms with Gasteiger partial charge in [-0.15, -0.1) is 5.10 Å². The van der Waals surface area contributed by atoms with E-state index in [-0.39, 0.29) is 5.69 Å². The number of aromatic nitrogens is 2. The summed E-state index contributed by atoms with van der Waals surface area (Å²) in [5.41, 5.74) is 0.0700. The fourth-order valence-electron chi connectivity index (χ4n) is 0.524. The smallest absolute Gasteiger partial charge is 0.272 e. The van der Waals surface area contributed by atoms with Gasteiger partial charge in [0.2, 0.25) is 0 Å². The minimum atomic E-state index is -2.54. The van der Waals surface area contributed by atoms with Crippen molar-refractivity contribution < 1.29 is 13.6 Å². The van der Waals surface area contributed by atoms with E-state index in [4.69, 9.17) is 0 Å². The van der Waals surface area contributed by atoms with Crippen LogP contribution in [0.15, 0.2) is 5.38 Å². The Kier molecular flexibility index (Phi) is 3.03. The van der Waals surface area contributed by atoms with E-state index in [1.807, 2.05) is 5.32 Å². The summed E-state index contributed by atoms with van der Waals surface area (Å²) >= 11 is 0.993. The van der Waals surface area contributed by atoms with Crippen molar-refractivity contribution in [2.45, 2.75) is 6.43 Å². The molecule has 0 spiro atoms. The number of hydrogen-bond acceptors (Lipinski definition) is 4. The van der Waals surface area contributed by atoms with Crippen molar-refractivity contribution in [1.29, 1.82) is 0 Å². The van der Waals surface area contributed by atoms with Crippen LogP contribution in [0.25, 0.3) is 0 Å². The molecule has 1 aromatic heterocycles. The lowest BCUT2D eigenvalue weighted by molar-refractivity contribution is 0.0887. The van der Waals surface area contributed by atoms with Crippen LogP contribution in [0.2, 0.25) is 0 Å². The van der Waals surface area contributed by atoms with E-state index in [1.54, 1.807) is 0 Å². The molecule has 1 aromatic rings. The SMILES string of the molecule is O=C(NCC(F)F)c1csnn1. The second-order valence-electron chi connectivity index (χ2n) is 1.89. The largest absolute Gasteiger partial charge is 0.345 e. The molecule has 0 saturated carbocycles. The van der Waals surface area contributed by atoms with E-state index in [0.717, 1.165) is 11.5 Å². The molecule has 0 aliphatic carbocycles. The van der Waals surface area contributed by atoms with Gasteiger partial charge < -0.3 is 5.32 Å². The molecule has 1 rings (SSSR count). The van der Waals surface area contributed by atoms with Gasteiger partial charge in [-0.1, -0.05) is 4.49 Å². The lowest BCUT2D eigenvalue weighted by Crippen LogP contribution is -2.28. The number of halogens is 2. The Bertz CT molecular complexity index is 251. The highest BCUT2D eigenvalue weighted by atomic mass is 32.1. The summed E-state index contributed by atoms with van der Waals surface area (Å²) < 4.78 is 26.6. The van der Waals surface area contributed by atoms with Crippen LogP contribution in [0, 0.1) is 0 Å². The third-order valence-electron chi connectivity index (χ3n) is 1.01. The second-order valence-corrected chi connectivity index (χ2v) is 2.50. The molecule has 66 valence electrons. The molecular weight excluding hydrogens is 188 g/mol. The quantitative estimate of drug-likeness (QED) is 0.761. The van der Waals surface area contributed by atoms with E-state index < -0.39 is 18.9 Å². The molecule has 0 aliphatic rings. The fourth-order valence-corrected chi connectivity index (χ4v) is 0.960. The first-order valence-corrected chi connectivity index (χ1v) is 3.87. The van der Waals surface area contributed by atoms with Crippen LogP contribution in [0.1, 0.15) is 10.5 Å². The number of carbonyl (C=O) groups is 1. The zero-order valence-corrected chi connectivity index (χ0v) is 6.65. The molecule has 1 N–H and O–H groups in total. The van der Waals surface area contributed by atoms with Crippen molar-refractivity contribution in [1.82, 2.24) is 14.9 Å². The third-order valence-corrected chi connectivity index (χ3v) is 1.51. The molecule has 1 amide bonds. The number of nitrogens with zero attached hydrogens (tertiary/aromatic N) is 2. The number of rotatable bonds is 3. The number of amides is 1. The summed E-state index contributed by atoms with van der Waals surface area (Å²) in [5.74, 6) is -0.621. The van der Waals surface area contributed by atoms with Gasteiger partial charge in [0.1, 0.15) is 0 Å². The van der Waals surface area contributed by atoms with Crippen LogP contribution in [-0.2, 0) is 0 Å². The third kappa shape index (κ3) is 2.50. The Labute approximate surface area is 70.8 Å². The molecule has 0 atom stereocenters. The maximum absolute atomic E-state index is 11.6. The normalized spacial score (nSPS) is 10.2. The predicted molar refractivity (Wildman–Crippen MR) is 38.2 cm³/mol. The highest BCUT2D eigenvalue weighted by Gasteiger charge is 2.10. The van der Waals surface area contributed by atoms with E-state index in [0.29, 0.717) is 0 Å². The Hall–Kier alpha value is -1.11. The zero-order chi connectivity index (χ0) is 8.97. The molecule has 0 saturated heterocycles. The molecule has 7 heteroatoms. The van der Waals surface area contributed by atoms with Gasteiger partial charge >= 0.3 is 0 Å². The Morgan fingerprint density at radius 1 is 1.75 bits per heavy atom. The van der Waals surface area contributed by atoms with Gasteiger partial charge in [-0.05, 0) is 11.5 Å². The lowest BCUT2D eigenvalue weighted by atomic mass is 10.4. The molecule has 0 radical (unpaired) electrons. The molecule has 1 heterocycles. The first-order valence-electron chi connectivity index (χ1n) is 3.03. The number of carbonyl (C=O) groups excluding carboxylic acids is 1. The van der Waals surface area contributed by atoms with Gasteiger partial charge in [-0.2, -0.15) is 0 Å². The van der Waals surface area contributed by atoms with Crippen LogP contribution in [-0.4, -0.2) is 28.5 Å². The van der Waals surface area contributed by atoms with Crippen LogP contribution in [0.5, 0.6) is 0 Å². The van der Waals surface area contributed by atoms with E-state index >= 15 is 0 Å². The van der Waals surface area contributed by atoms with Gasteiger partial charge in [0, 0.05) is 5.38 Å². The van der Waals surface area contributed by atoms with Crippen molar-refractivity contribution in [2.75, 3.05) is 6.54 Å². The second kappa shape index (κ2) is 4.05. The molecule has 12 heavy (non-hydrogen) atoms. The van der Waals surface area contributed by atoms with Crippen LogP contribution >= 0.6 is 11.5 Å². The minimum Gasteiger partial charge on any atom is -0.345 e. The Balaban J connectivity index is 2.40. The molecule has 0 unspecified atom stereocenters. The van der Waals surface area contributed by atoms with Crippen LogP contribution < -0.4 is 5.32 Å². The van der Waals surface area contributed by atoms with E-state index in [9.17, 15) is 13.6 Å². The molecule has 0 aromatic carbocycles. The predicted octanol–water partition coefficient (Wildman–Crippen LogP) is 0.533. The summed E-state index contributed by atoms with van der Waals surface area (Å²) in [6, 6.07) is 0. The first kappa shape index (κ1) is 8.98. The average molecular weight is 193 g/mol. The number of alkyl halides is 2. The molecular formula is C5H5F2N3OS. The first-order chi connectivity index (χ1) is 5.70.